The van der Waals surface area contributed by atoms with Crippen LogP contribution in [0.4, 0.5) is 0 Å². The highest BCUT2D eigenvalue weighted by Gasteiger charge is 2.19. The molecule has 104 valence electrons. The normalized spacial score (nSPS) is 14.7. The van der Waals surface area contributed by atoms with Crippen molar-refractivity contribution in [1.82, 2.24) is 4.98 Å². The smallest absolute Gasteiger partial charge is 0.125 e. The van der Waals surface area contributed by atoms with Gasteiger partial charge in [0.25, 0.3) is 0 Å². The molecule has 1 aromatic carbocycles. The molecule has 2 heterocycles. The first-order valence-corrected chi connectivity index (χ1v) is 7.53. The molecule has 1 N–H and O–H groups in total. The SMILES string of the molecule is OC(Cc1cccnc1)Cc1cc(Br)cc2c1OCC2. The number of aliphatic hydroxyl groups excluding tert-OH is 1. The number of benzene rings is 1. The number of fused-ring (bicyclic) bond motifs is 1. The van der Waals surface area contributed by atoms with E-state index in [1.54, 1.807) is 12.4 Å². The number of halogens is 1. The predicted molar refractivity (Wildman–Crippen MR) is 81.0 cm³/mol. The van der Waals surface area contributed by atoms with Gasteiger partial charge in [-0.05, 0) is 34.9 Å². The van der Waals surface area contributed by atoms with Gasteiger partial charge in [-0.2, -0.15) is 0 Å². The summed E-state index contributed by atoms with van der Waals surface area (Å²) < 4.78 is 6.74. The van der Waals surface area contributed by atoms with Crippen molar-refractivity contribution in [2.75, 3.05) is 6.61 Å². The zero-order valence-electron chi connectivity index (χ0n) is 11.1. The second-order valence-corrected chi connectivity index (χ2v) is 5.99. The third-order valence-electron chi connectivity index (χ3n) is 3.47. The lowest BCUT2D eigenvalue weighted by molar-refractivity contribution is 0.174. The molecule has 0 bridgehead atoms. The highest BCUT2D eigenvalue weighted by atomic mass is 79.9. The third-order valence-corrected chi connectivity index (χ3v) is 3.93. The van der Waals surface area contributed by atoms with E-state index in [4.69, 9.17) is 4.74 Å². The van der Waals surface area contributed by atoms with E-state index >= 15 is 0 Å². The van der Waals surface area contributed by atoms with Gasteiger partial charge in [0.2, 0.25) is 0 Å². The number of pyridine rings is 1. The average Bonchev–Trinajstić information content (AvgIpc) is 2.88. The van der Waals surface area contributed by atoms with Gasteiger partial charge in [-0.25, -0.2) is 0 Å². The Balaban J connectivity index is 1.75. The highest BCUT2D eigenvalue weighted by molar-refractivity contribution is 9.10. The molecule has 1 unspecified atom stereocenters. The van der Waals surface area contributed by atoms with Gasteiger partial charge >= 0.3 is 0 Å². The molecule has 0 spiro atoms. The monoisotopic (exact) mass is 333 g/mol. The van der Waals surface area contributed by atoms with Crippen molar-refractivity contribution in [2.45, 2.75) is 25.4 Å². The van der Waals surface area contributed by atoms with Crippen molar-refractivity contribution in [3.8, 4) is 5.75 Å². The van der Waals surface area contributed by atoms with Crippen LogP contribution in [0, 0.1) is 0 Å². The fourth-order valence-electron chi connectivity index (χ4n) is 2.61. The lowest BCUT2D eigenvalue weighted by atomic mass is 9.99. The highest BCUT2D eigenvalue weighted by Crippen LogP contribution is 2.33. The summed E-state index contributed by atoms with van der Waals surface area (Å²) >= 11 is 3.53. The van der Waals surface area contributed by atoms with E-state index in [0.717, 1.165) is 34.4 Å². The van der Waals surface area contributed by atoms with E-state index < -0.39 is 6.10 Å². The zero-order valence-corrected chi connectivity index (χ0v) is 12.6. The Hall–Kier alpha value is -1.39. The molecule has 0 saturated carbocycles. The molecule has 20 heavy (non-hydrogen) atoms. The summed E-state index contributed by atoms with van der Waals surface area (Å²) in [5.74, 6) is 0.957. The number of ether oxygens (including phenoxy) is 1. The van der Waals surface area contributed by atoms with Crippen LogP contribution in [0.2, 0.25) is 0 Å². The fourth-order valence-corrected chi connectivity index (χ4v) is 3.17. The maximum Gasteiger partial charge on any atom is 0.125 e. The molecule has 0 radical (unpaired) electrons. The molecule has 3 nitrogen and oxygen atoms in total. The van der Waals surface area contributed by atoms with E-state index in [2.05, 4.69) is 27.0 Å². The number of hydrogen-bond acceptors (Lipinski definition) is 3. The maximum absolute atomic E-state index is 10.3. The molecule has 1 aromatic heterocycles. The van der Waals surface area contributed by atoms with Gasteiger partial charge in [0, 0.05) is 36.1 Å². The summed E-state index contributed by atoms with van der Waals surface area (Å²) in [7, 11) is 0. The van der Waals surface area contributed by atoms with Crippen LogP contribution in [0.1, 0.15) is 16.7 Å². The minimum Gasteiger partial charge on any atom is -0.493 e. The Morgan fingerprint density at radius 3 is 3.05 bits per heavy atom. The molecule has 0 fully saturated rings. The molecule has 3 rings (SSSR count). The summed E-state index contributed by atoms with van der Waals surface area (Å²) in [6, 6.07) is 8.01. The largest absolute Gasteiger partial charge is 0.493 e. The van der Waals surface area contributed by atoms with Crippen LogP contribution in [-0.4, -0.2) is 22.8 Å². The van der Waals surface area contributed by atoms with Gasteiger partial charge in [-0.15, -0.1) is 0 Å². The van der Waals surface area contributed by atoms with E-state index in [9.17, 15) is 5.11 Å². The van der Waals surface area contributed by atoms with Crippen LogP contribution in [0.3, 0.4) is 0 Å². The van der Waals surface area contributed by atoms with Gasteiger partial charge in [0.05, 0.1) is 12.7 Å². The quantitative estimate of drug-likeness (QED) is 0.935. The van der Waals surface area contributed by atoms with Gasteiger partial charge in [0.15, 0.2) is 0 Å². The first-order valence-electron chi connectivity index (χ1n) is 6.73. The van der Waals surface area contributed by atoms with Crippen LogP contribution < -0.4 is 4.74 Å². The van der Waals surface area contributed by atoms with Crippen molar-refractivity contribution in [3.63, 3.8) is 0 Å². The molecule has 4 heteroatoms. The summed E-state index contributed by atoms with van der Waals surface area (Å²) in [6.07, 6.45) is 5.25. The summed E-state index contributed by atoms with van der Waals surface area (Å²) in [4.78, 5) is 4.07. The Bertz CT molecular complexity index is 601. The summed E-state index contributed by atoms with van der Waals surface area (Å²) in [5.41, 5.74) is 3.35. The average molecular weight is 334 g/mol. The third kappa shape index (κ3) is 3.02. The second kappa shape index (κ2) is 5.94. The maximum atomic E-state index is 10.3. The molecule has 1 aliphatic rings. The molecule has 0 aliphatic carbocycles. The van der Waals surface area contributed by atoms with Crippen molar-refractivity contribution >= 4 is 15.9 Å². The Morgan fingerprint density at radius 1 is 1.35 bits per heavy atom. The molecule has 0 saturated heterocycles. The number of aromatic nitrogens is 1. The second-order valence-electron chi connectivity index (χ2n) is 5.07. The van der Waals surface area contributed by atoms with Crippen molar-refractivity contribution in [1.29, 1.82) is 0 Å². The van der Waals surface area contributed by atoms with Crippen LogP contribution >= 0.6 is 15.9 Å². The van der Waals surface area contributed by atoms with Gasteiger partial charge in [-0.3, -0.25) is 4.98 Å². The topological polar surface area (TPSA) is 42.4 Å². The minimum absolute atomic E-state index is 0.429. The lowest BCUT2D eigenvalue weighted by Crippen LogP contribution is -2.14. The summed E-state index contributed by atoms with van der Waals surface area (Å²) in [6.45, 7) is 0.734. The first-order chi connectivity index (χ1) is 9.72. The van der Waals surface area contributed by atoms with E-state index in [0.29, 0.717) is 12.8 Å². The number of nitrogens with zero attached hydrogens (tertiary/aromatic N) is 1. The minimum atomic E-state index is -0.429. The van der Waals surface area contributed by atoms with Crippen LogP contribution in [-0.2, 0) is 19.3 Å². The molecule has 0 amide bonds. The Morgan fingerprint density at radius 2 is 2.25 bits per heavy atom. The zero-order chi connectivity index (χ0) is 13.9. The van der Waals surface area contributed by atoms with Crippen LogP contribution in [0.25, 0.3) is 0 Å². The molecular formula is C16H16BrNO2. The lowest BCUT2D eigenvalue weighted by Gasteiger charge is -2.14. The van der Waals surface area contributed by atoms with E-state index in [1.807, 2.05) is 18.2 Å². The molecule has 1 aliphatic heterocycles. The van der Waals surface area contributed by atoms with Crippen molar-refractivity contribution < 1.29 is 9.84 Å². The van der Waals surface area contributed by atoms with Gasteiger partial charge < -0.3 is 9.84 Å². The number of aliphatic hydroxyl groups is 1. The van der Waals surface area contributed by atoms with Crippen molar-refractivity contribution in [2.24, 2.45) is 0 Å². The number of rotatable bonds is 4. The predicted octanol–water partition coefficient (Wildman–Crippen LogP) is 2.93. The van der Waals surface area contributed by atoms with Gasteiger partial charge in [-0.1, -0.05) is 22.0 Å². The van der Waals surface area contributed by atoms with Crippen LogP contribution in [0.15, 0.2) is 41.1 Å². The van der Waals surface area contributed by atoms with Crippen molar-refractivity contribution in [3.05, 3.63) is 57.8 Å². The van der Waals surface area contributed by atoms with Crippen LogP contribution in [0.5, 0.6) is 5.75 Å². The summed E-state index contributed by atoms with van der Waals surface area (Å²) in [5, 5.41) is 10.3. The Labute approximate surface area is 126 Å². The van der Waals surface area contributed by atoms with Gasteiger partial charge in [0.1, 0.15) is 5.75 Å². The van der Waals surface area contributed by atoms with E-state index in [1.165, 1.54) is 5.56 Å². The standard InChI is InChI=1S/C16H16BrNO2/c17-14-7-12-3-5-20-16(12)13(8-14)9-15(19)6-11-2-1-4-18-10-11/h1-2,4,7-8,10,15,19H,3,5-6,9H2. The molecular weight excluding hydrogens is 318 g/mol. The number of hydrogen-bond donors (Lipinski definition) is 1. The Kier molecular flexibility index (Phi) is 4.03. The first kappa shape index (κ1) is 13.6. The van der Waals surface area contributed by atoms with E-state index in [-0.39, 0.29) is 0 Å². The molecule has 1 atom stereocenters. The fraction of sp³-hybridized carbons (Fsp3) is 0.312. The molecule has 2 aromatic rings.